The molecule has 0 spiro atoms. The Balaban J connectivity index is 1.75. The molecule has 0 saturated heterocycles. The highest BCUT2D eigenvalue weighted by Crippen LogP contribution is 2.13. The van der Waals surface area contributed by atoms with Crippen LogP contribution in [0.2, 0.25) is 0 Å². The zero-order chi connectivity index (χ0) is 13.9. The zero-order valence-electron chi connectivity index (χ0n) is 11.2. The molecule has 0 aliphatic heterocycles. The highest BCUT2D eigenvalue weighted by Gasteiger charge is 2.09. The Labute approximate surface area is 116 Å². The lowest BCUT2D eigenvalue weighted by Crippen LogP contribution is -2.23. The lowest BCUT2D eigenvalue weighted by atomic mass is 10.1. The molecule has 3 aromatic rings. The molecule has 0 fully saturated rings. The molecule has 0 atom stereocenters. The van der Waals surface area contributed by atoms with Crippen LogP contribution in [0.3, 0.4) is 0 Å². The third-order valence-electron chi connectivity index (χ3n) is 3.37. The van der Waals surface area contributed by atoms with Gasteiger partial charge in [-0.1, -0.05) is 24.3 Å². The van der Waals surface area contributed by atoms with Crippen LogP contribution in [0.5, 0.6) is 0 Å². The van der Waals surface area contributed by atoms with Gasteiger partial charge in [-0.05, 0) is 30.2 Å². The molecule has 0 bridgehead atoms. The number of aromatic amines is 1. The molecule has 0 aliphatic rings. The summed E-state index contributed by atoms with van der Waals surface area (Å²) in [6.45, 7) is 2.56. The van der Waals surface area contributed by atoms with Crippen molar-refractivity contribution in [3.8, 4) is 0 Å². The predicted molar refractivity (Wildman–Crippen MR) is 78.4 cm³/mol. The van der Waals surface area contributed by atoms with E-state index in [2.05, 4.69) is 15.3 Å². The first-order valence-electron chi connectivity index (χ1n) is 6.49. The molecule has 20 heavy (non-hydrogen) atoms. The van der Waals surface area contributed by atoms with E-state index in [0.717, 1.165) is 16.5 Å². The van der Waals surface area contributed by atoms with Gasteiger partial charge < -0.3 is 10.3 Å². The largest absolute Gasteiger partial charge is 0.349 e. The van der Waals surface area contributed by atoms with Crippen molar-refractivity contribution in [1.29, 1.82) is 0 Å². The molecule has 3 rings (SSSR count). The molecular formula is C16H15N3O. The van der Waals surface area contributed by atoms with Gasteiger partial charge in [-0.2, -0.15) is 0 Å². The Morgan fingerprint density at radius 2 is 2.15 bits per heavy atom. The first-order valence-corrected chi connectivity index (χ1v) is 6.49. The number of hydrogen-bond donors (Lipinski definition) is 2. The molecule has 2 aromatic heterocycles. The summed E-state index contributed by atoms with van der Waals surface area (Å²) < 4.78 is 0. The number of H-pyrrole nitrogens is 1. The van der Waals surface area contributed by atoms with E-state index in [0.29, 0.717) is 12.2 Å². The van der Waals surface area contributed by atoms with Crippen LogP contribution in [0.1, 0.15) is 21.6 Å². The summed E-state index contributed by atoms with van der Waals surface area (Å²) in [4.78, 5) is 19.2. The van der Waals surface area contributed by atoms with E-state index in [1.54, 1.807) is 12.4 Å². The number of fused-ring (bicyclic) bond motifs is 1. The second kappa shape index (κ2) is 5.17. The molecule has 0 aliphatic carbocycles. The summed E-state index contributed by atoms with van der Waals surface area (Å²) in [6.07, 6.45) is 3.43. The summed E-state index contributed by atoms with van der Waals surface area (Å²) in [5, 5.41) is 3.91. The molecule has 2 heterocycles. The van der Waals surface area contributed by atoms with Crippen molar-refractivity contribution in [2.24, 2.45) is 0 Å². The van der Waals surface area contributed by atoms with Crippen LogP contribution in [-0.4, -0.2) is 15.9 Å². The van der Waals surface area contributed by atoms with Gasteiger partial charge >= 0.3 is 0 Å². The van der Waals surface area contributed by atoms with Gasteiger partial charge in [0.15, 0.2) is 0 Å². The Bertz CT molecular complexity index is 728. The van der Waals surface area contributed by atoms with E-state index in [9.17, 15) is 4.79 Å². The lowest BCUT2D eigenvalue weighted by molar-refractivity contribution is 0.0946. The van der Waals surface area contributed by atoms with Crippen molar-refractivity contribution in [3.63, 3.8) is 0 Å². The number of nitrogens with zero attached hydrogens (tertiary/aromatic N) is 1. The van der Waals surface area contributed by atoms with E-state index >= 15 is 0 Å². The van der Waals surface area contributed by atoms with Crippen molar-refractivity contribution in [3.05, 3.63) is 65.6 Å². The number of carbonyl (C=O) groups excluding carboxylic acids is 1. The molecule has 1 amide bonds. The summed E-state index contributed by atoms with van der Waals surface area (Å²) in [6, 6.07) is 11.7. The highest BCUT2D eigenvalue weighted by molar-refractivity contribution is 5.97. The Hall–Kier alpha value is -2.62. The average Bonchev–Trinajstić information content (AvgIpc) is 2.90. The number of aryl methyl sites for hydroxylation is 1. The maximum absolute atomic E-state index is 12.1. The van der Waals surface area contributed by atoms with Gasteiger partial charge in [0.1, 0.15) is 5.69 Å². The minimum absolute atomic E-state index is 0.107. The van der Waals surface area contributed by atoms with Crippen LogP contribution in [0.25, 0.3) is 10.9 Å². The molecule has 0 radical (unpaired) electrons. The number of aromatic nitrogens is 2. The first-order chi connectivity index (χ1) is 9.74. The monoisotopic (exact) mass is 265 g/mol. The van der Waals surface area contributed by atoms with Crippen LogP contribution in [0, 0.1) is 6.92 Å². The molecule has 4 nitrogen and oxygen atoms in total. The molecule has 2 N–H and O–H groups in total. The van der Waals surface area contributed by atoms with Crippen molar-refractivity contribution < 1.29 is 4.79 Å². The second-order valence-electron chi connectivity index (χ2n) is 4.76. The van der Waals surface area contributed by atoms with Crippen molar-refractivity contribution in [2.45, 2.75) is 13.5 Å². The topological polar surface area (TPSA) is 57.8 Å². The molecule has 100 valence electrons. The number of nitrogens with one attached hydrogen (secondary N) is 2. The average molecular weight is 265 g/mol. The van der Waals surface area contributed by atoms with Gasteiger partial charge in [0.2, 0.25) is 0 Å². The zero-order valence-corrected chi connectivity index (χ0v) is 11.2. The van der Waals surface area contributed by atoms with E-state index in [-0.39, 0.29) is 5.91 Å². The maximum atomic E-state index is 12.1. The number of benzene rings is 1. The van der Waals surface area contributed by atoms with Gasteiger partial charge in [0, 0.05) is 18.1 Å². The van der Waals surface area contributed by atoms with Gasteiger partial charge in [0.25, 0.3) is 5.91 Å². The van der Waals surface area contributed by atoms with Gasteiger partial charge in [-0.3, -0.25) is 9.78 Å². The SMILES string of the molecule is Cc1ccccc1CNC(=O)c1cc2ccncc2[nH]1. The smallest absolute Gasteiger partial charge is 0.267 e. The summed E-state index contributed by atoms with van der Waals surface area (Å²) >= 11 is 0. The van der Waals surface area contributed by atoms with E-state index in [1.165, 1.54) is 5.56 Å². The molecular weight excluding hydrogens is 250 g/mol. The fourth-order valence-corrected chi connectivity index (χ4v) is 2.17. The van der Waals surface area contributed by atoms with Crippen LogP contribution in [0.15, 0.2) is 48.8 Å². The van der Waals surface area contributed by atoms with Crippen LogP contribution >= 0.6 is 0 Å². The van der Waals surface area contributed by atoms with E-state index < -0.39 is 0 Å². The van der Waals surface area contributed by atoms with Gasteiger partial charge in [-0.15, -0.1) is 0 Å². The van der Waals surface area contributed by atoms with E-state index in [1.807, 2.05) is 43.3 Å². The minimum Gasteiger partial charge on any atom is -0.349 e. The third-order valence-corrected chi connectivity index (χ3v) is 3.37. The number of carbonyl (C=O) groups is 1. The summed E-state index contributed by atoms with van der Waals surface area (Å²) in [5.41, 5.74) is 3.72. The first kappa shape index (κ1) is 12.4. The Kier molecular flexibility index (Phi) is 3.21. The predicted octanol–water partition coefficient (Wildman–Crippen LogP) is 2.80. The van der Waals surface area contributed by atoms with Crippen molar-refractivity contribution in [2.75, 3.05) is 0 Å². The second-order valence-corrected chi connectivity index (χ2v) is 4.76. The summed E-state index contributed by atoms with van der Waals surface area (Å²) in [5.74, 6) is -0.107. The minimum atomic E-state index is -0.107. The molecule has 4 heteroatoms. The molecule has 1 aromatic carbocycles. The van der Waals surface area contributed by atoms with Gasteiger partial charge in [-0.25, -0.2) is 0 Å². The summed E-state index contributed by atoms with van der Waals surface area (Å²) in [7, 11) is 0. The normalized spacial score (nSPS) is 10.7. The van der Waals surface area contributed by atoms with Crippen LogP contribution in [-0.2, 0) is 6.54 Å². The standard InChI is InChI=1S/C16H15N3O/c1-11-4-2-3-5-13(11)9-18-16(20)14-8-12-6-7-17-10-15(12)19-14/h2-8,10,19H,9H2,1H3,(H,18,20). The highest BCUT2D eigenvalue weighted by atomic mass is 16.1. The molecule has 0 saturated carbocycles. The Morgan fingerprint density at radius 1 is 1.30 bits per heavy atom. The lowest BCUT2D eigenvalue weighted by Gasteiger charge is -2.06. The van der Waals surface area contributed by atoms with Crippen LogP contribution in [0.4, 0.5) is 0 Å². The van der Waals surface area contributed by atoms with Crippen molar-refractivity contribution in [1.82, 2.24) is 15.3 Å². The quantitative estimate of drug-likeness (QED) is 0.765. The number of rotatable bonds is 3. The molecule has 0 unspecified atom stereocenters. The number of amides is 1. The van der Waals surface area contributed by atoms with Crippen molar-refractivity contribution >= 4 is 16.8 Å². The fourth-order valence-electron chi connectivity index (χ4n) is 2.17. The number of hydrogen-bond acceptors (Lipinski definition) is 2. The third kappa shape index (κ3) is 2.40. The maximum Gasteiger partial charge on any atom is 0.267 e. The van der Waals surface area contributed by atoms with Gasteiger partial charge in [0.05, 0.1) is 11.7 Å². The van der Waals surface area contributed by atoms with Crippen LogP contribution < -0.4 is 5.32 Å². The fraction of sp³-hybridized carbons (Fsp3) is 0.125. The Morgan fingerprint density at radius 3 is 2.95 bits per heavy atom. The van der Waals surface area contributed by atoms with E-state index in [4.69, 9.17) is 0 Å². The number of pyridine rings is 1.